The van der Waals surface area contributed by atoms with E-state index in [1.807, 2.05) is 0 Å². The highest BCUT2D eigenvalue weighted by Gasteiger charge is 2.45. The molecule has 2 aromatic heterocycles. The molecule has 4 aromatic rings. The lowest BCUT2D eigenvalue weighted by molar-refractivity contribution is -0.131. The number of rotatable bonds is 13. The number of aryl methyl sites for hydroxylation is 1. The second kappa shape index (κ2) is 22.8. The van der Waals surface area contributed by atoms with E-state index >= 15 is 0 Å². The fraction of sp³-hybridized carbons (Fsp3) is 0.562. The quantitative estimate of drug-likeness (QED) is 0.121. The Hall–Kier alpha value is -6.95. The third-order valence-electron chi connectivity index (χ3n) is 20.2. The van der Waals surface area contributed by atoms with Gasteiger partial charge in [0.2, 0.25) is 5.91 Å². The number of nitrogens with zero attached hydrogens (tertiary/aromatic N) is 12. The van der Waals surface area contributed by atoms with Crippen LogP contribution in [-0.2, 0) is 61.0 Å². The predicted molar refractivity (Wildman–Crippen MR) is 307 cm³/mol. The highest BCUT2D eigenvalue weighted by Crippen LogP contribution is 2.50. The molecule has 2 amide bonds. The second-order valence-corrected chi connectivity index (χ2v) is 25.0. The predicted octanol–water partition coefficient (Wildman–Crippen LogP) is 7.47. The molecule has 424 valence electrons. The molecule has 4 saturated heterocycles. The molecule has 2 aromatic carbocycles. The van der Waals surface area contributed by atoms with E-state index in [9.17, 15) is 24.5 Å². The normalized spacial score (nSPS) is 27.2. The number of nitriles is 2. The van der Waals surface area contributed by atoms with E-state index in [2.05, 4.69) is 101 Å². The van der Waals surface area contributed by atoms with Gasteiger partial charge in [0, 0.05) is 69.0 Å². The molecule has 8 aliphatic rings. The Labute approximate surface area is 476 Å². The maximum absolute atomic E-state index is 14.2. The standard InChI is InChI=1S/C64H77FN12O4/c1-5-57(78)76-30-28-74(38-47(76)19-25-66)58-54-18-24-64(36-56(54)68-61(70-58)80-40-49-13-9-27-72(49)3)22-16-52-45(34-64)12-8-14-51(52)46-32-50(73(4)37-46)41-81-62-69-55-35-63(21-15-43-10-6-7-11-44(43)33-63)23-17-53(55)59(71-62)75-29-31-77(60(79)42(2)65)48(39-75)20-26-67/h5-8,10-12,14,46-50H,1-2,9,13,15-24,27-41H2,3-4H3. The fourth-order valence-electron chi connectivity index (χ4n) is 15.6. The van der Waals surface area contributed by atoms with E-state index in [-0.39, 0.29) is 48.2 Å². The minimum absolute atomic E-state index is 0.0500. The number of benzene rings is 2. The number of hydrogen-bond acceptors (Lipinski definition) is 14. The zero-order valence-corrected chi connectivity index (χ0v) is 47.4. The molecule has 4 aliphatic carbocycles. The number of fused-ring (bicyclic) bond motifs is 4. The zero-order chi connectivity index (χ0) is 56.0. The smallest absolute Gasteiger partial charge is 0.318 e. The monoisotopic (exact) mass is 1100 g/mol. The van der Waals surface area contributed by atoms with E-state index in [0.29, 0.717) is 69.9 Å². The molecule has 6 heterocycles. The molecule has 17 heteroatoms. The first-order valence-corrected chi connectivity index (χ1v) is 29.8. The van der Waals surface area contributed by atoms with Crippen molar-refractivity contribution in [3.63, 3.8) is 0 Å². The number of halogens is 1. The number of ether oxygens (including phenoxy) is 2. The summed E-state index contributed by atoms with van der Waals surface area (Å²) in [5, 5.41) is 19.6. The first-order valence-electron chi connectivity index (χ1n) is 29.8. The van der Waals surface area contributed by atoms with Crippen LogP contribution in [0.5, 0.6) is 12.0 Å². The molecule has 0 bridgehead atoms. The summed E-state index contributed by atoms with van der Waals surface area (Å²) in [6.07, 6.45) is 16.5. The van der Waals surface area contributed by atoms with Gasteiger partial charge in [-0.25, -0.2) is 4.39 Å². The van der Waals surface area contributed by atoms with E-state index in [4.69, 9.17) is 29.4 Å². The van der Waals surface area contributed by atoms with Crippen molar-refractivity contribution in [2.24, 2.45) is 10.8 Å². The number of likely N-dealkylation sites (N-methyl/N-ethyl adjacent to an activating group) is 2. The van der Waals surface area contributed by atoms with Crippen LogP contribution in [0.25, 0.3) is 0 Å². The largest absolute Gasteiger partial charge is 0.462 e. The molecular weight excluding hydrogens is 1020 g/mol. The van der Waals surface area contributed by atoms with Crippen LogP contribution in [0.2, 0.25) is 0 Å². The molecule has 0 saturated carbocycles. The van der Waals surface area contributed by atoms with Crippen molar-refractivity contribution in [1.82, 2.24) is 39.5 Å². The zero-order valence-electron chi connectivity index (χ0n) is 47.4. The maximum atomic E-state index is 14.2. The van der Waals surface area contributed by atoms with Gasteiger partial charge in [0.1, 0.15) is 24.8 Å². The summed E-state index contributed by atoms with van der Waals surface area (Å²) in [4.78, 5) is 59.1. The number of likely N-dealkylation sites (tertiary alicyclic amines) is 2. The molecular formula is C64H77FN12O4. The third-order valence-corrected chi connectivity index (χ3v) is 20.2. The minimum atomic E-state index is -1.01. The van der Waals surface area contributed by atoms with E-state index < -0.39 is 17.8 Å². The van der Waals surface area contributed by atoms with Crippen molar-refractivity contribution in [2.75, 3.05) is 89.5 Å². The molecule has 0 radical (unpaired) electrons. The molecule has 4 aliphatic heterocycles. The third kappa shape index (κ3) is 10.9. The molecule has 12 rings (SSSR count). The van der Waals surface area contributed by atoms with Crippen molar-refractivity contribution in [3.8, 4) is 24.2 Å². The number of carbonyl (C=O) groups excluding carboxylic acids is 2. The Morgan fingerprint density at radius 2 is 1.23 bits per heavy atom. The molecule has 4 fully saturated rings. The lowest BCUT2D eigenvalue weighted by Crippen LogP contribution is -2.55. The van der Waals surface area contributed by atoms with Gasteiger partial charge in [0.05, 0.1) is 48.5 Å². The van der Waals surface area contributed by atoms with Gasteiger partial charge in [-0.3, -0.25) is 14.5 Å². The van der Waals surface area contributed by atoms with E-state index in [1.165, 1.54) is 44.4 Å². The second-order valence-electron chi connectivity index (χ2n) is 25.0. The molecule has 2 spiro atoms. The summed E-state index contributed by atoms with van der Waals surface area (Å²) in [6.45, 7) is 12.6. The molecule has 16 nitrogen and oxygen atoms in total. The van der Waals surface area contributed by atoms with Crippen LogP contribution >= 0.6 is 0 Å². The van der Waals surface area contributed by atoms with E-state index in [0.717, 1.165) is 138 Å². The Bertz CT molecular complexity index is 3190. The Balaban J connectivity index is 0.762. The van der Waals surface area contributed by atoms with Gasteiger partial charge in [0.25, 0.3) is 5.91 Å². The van der Waals surface area contributed by atoms with Crippen molar-refractivity contribution >= 4 is 23.5 Å². The summed E-state index contributed by atoms with van der Waals surface area (Å²) in [7, 11) is 4.36. The van der Waals surface area contributed by atoms with Gasteiger partial charge in [0.15, 0.2) is 5.83 Å². The number of carbonyl (C=O) groups is 2. The van der Waals surface area contributed by atoms with Crippen LogP contribution in [0.3, 0.4) is 0 Å². The van der Waals surface area contributed by atoms with Crippen LogP contribution in [-0.4, -0.2) is 155 Å². The number of hydrogen-bond donors (Lipinski definition) is 0. The molecule has 7 atom stereocenters. The van der Waals surface area contributed by atoms with Crippen molar-refractivity contribution in [2.45, 2.75) is 139 Å². The number of anilines is 2. The molecule has 81 heavy (non-hydrogen) atoms. The lowest BCUT2D eigenvalue weighted by atomic mass is 9.62. The lowest BCUT2D eigenvalue weighted by Gasteiger charge is -2.44. The van der Waals surface area contributed by atoms with Gasteiger partial charge in [-0.15, -0.1) is 0 Å². The number of aromatic nitrogens is 4. The van der Waals surface area contributed by atoms with Crippen LogP contribution < -0.4 is 19.3 Å². The Morgan fingerprint density at radius 3 is 1.84 bits per heavy atom. The van der Waals surface area contributed by atoms with Gasteiger partial charge in [-0.1, -0.05) is 55.6 Å². The van der Waals surface area contributed by atoms with E-state index in [1.54, 1.807) is 4.90 Å². The summed E-state index contributed by atoms with van der Waals surface area (Å²) < 4.78 is 27.5. The number of piperazine rings is 2. The van der Waals surface area contributed by atoms with Crippen molar-refractivity contribution < 1.29 is 23.5 Å². The molecule has 7 unspecified atom stereocenters. The highest BCUT2D eigenvalue weighted by atomic mass is 19.1. The average molecular weight is 1100 g/mol. The van der Waals surface area contributed by atoms with Crippen molar-refractivity contribution in [3.05, 3.63) is 118 Å². The maximum Gasteiger partial charge on any atom is 0.318 e. The Morgan fingerprint density at radius 1 is 0.667 bits per heavy atom. The van der Waals surface area contributed by atoms with Crippen LogP contribution in [0, 0.1) is 33.5 Å². The SMILES string of the molecule is C=CC(=O)N1CCN(c2nc(OCC3CCCN3C)nc3c2CCC2(CCc4c(cccc4C4CC(COc5nc6c(c(N7CCN(C(=O)C(=C)F)C(CC#N)C7)n5)CCC5(CCc7ccccc7C5)C6)N(C)C4)C2)C3)CC1CC#N. The summed E-state index contributed by atoms with van der Waals surface area (Å²) in [5.74, 6) is 0.114. The number of amides is 2. The highest BCUT2D eigenvalue weighted by molar-refractivity contribution is 5.91. The Kier molecular flexibility index (Phi) is 15.4. The summed E-state index contributed by atoms with van der Waals surface area (Å²) >= 11 is 0. The van der Waals surface area contributed by atoms with Gasteiger partial charge in [-0.05, 0) is 168 Å². The van der Waals surface area contributed by atoms with Gasteiger partial charge >= 0.3 is 12.0 Å². The molecule has 0 N–H and O–H groups in total. The average Bonchev–Trinajstić information content (AvgIpc) is 4.20. The summed E-state index contributed by atoms with van der Waals surface area (Å²) in [6, 6.07) is 20.8. The minimum Gasteiger partial charge on any atom is -0.462 e. The first kappa shape index (κ1) is 54.6. The summed E-state index contributed by atoms with van der Waals surface area (Å²) in [5.41, 5.74) is 11.8. The van der Waals surface area contributed by atoms with Crippen molar-refractivity contribution in [1.29, 1.82) is 10.5 Å². The van der Waals surface area contributed by atoms with Gasteiger partial charge in [-0.2, -0.15) is 30.5 Å². The van der Waals surface area contributed by atoms with Crippen LogP contribution in [0.1, 0.15) is 114 Å². The van der Waals surface area contributed by atoms with Crippen LogP contribution in [0.4, 0.5) is 16.0 Å². The first-order chi connectivity index (χ1) is 39.3. The fourth-order valence-corrected chi connectivity index (χ4v) is 15.6. The van der Waals surface area contributed by atoms with Gasteiger partial charge < -0.3 is 34.0 Å². The van der Waals surface area contributed by atoms with Crippen LogP contribution in [0.15, 0.2) is 67.5 Å². The topological polar surface area (TPSA) is 171 Å².